The maximum absolute atomic E-state index is 12.8. The highest BCUT2D eigenvalue weighted by atomic mass is 16.6. The number of likely N-dealkylation sites (tertiary alicyclic amines) is 1. The van der Waals surface area contributed by atoms with Crippen LogP contribution in [0.2, 0.25) is 0 Å². The Labute approximate surface area is 198 Å². The monoisotopic (exact) mass is 461 g/mol. The molecule has 0 saturated carbocycles. The van der Waals surface area contributed by atoms with Crippen LogP contribution in [-0.4, -0.2) is 35.9 Å². The van der Waals surface area contributed by atoms with Crippen molar-refractivity contribution < 1.29 is 19.2 Å². The van der Waals surface area contributed by atoms with Crippen molar-refractivity contribution in [3.8, 4) is 11.5 Å². The van der Waals surface area contributed by atoms with Gasteiger partial charge in [-0.1, -0.05) is 36.4 Å². The molecule has 1 heterocycles. The molecular formula is C26H27N3O5. The predicted octanol–water partition coefficient (Wildman–Crippen LogP) is 5.03. The van der Waals surface area contributed by atoms with Crippen LogP contribution in [0.4, 0.5) is 11.4 Å². The van der Waals surface area contributed by atoms with Gasteiger partial charge in [0.25, 0.3) is 11.6 Å². The van der Waals surface area contributed by atoms with Gasteiger partial charge in [0.2, 0.25) is 0 Å². The van der Waals surface area contributed by atoms with Crippen molar-refractivity contribution in [3.05, 3.63) is 93.5 Å². The van der Waals surface area contributed by atoms with Gasteiger partial charge in [0.05, 0.1) is 12.0 Å². The van der Waals surface area contributed by atoms with E-state index >= 15 is 0 Å². The van der Waals surface area contributed by atoms with E-state index in [9.17, 15) is 14.9 Å². The summed E-state index contributed by atoms with van der Waals surface area (Å²) in [6.07, 6.45) is 1.84. The lowest BCUT2D eigenvalue weighted by atomic mass is 10.1. The van der Waals surface area contributed by atoms with Gasteiger partial charge in [0.15, 0.2) is 11.5 Å². The number of carbonyl (C=O) groups excluding carboxylic acids is 1. The number of nitro benzene ring substituents is 1. The number of benzene rings is 3. The zero-order valence-corrected chi connectivity index (χ0v) is 19.0. The van der Waals surface area contributed by atoms with Crippen LogP contribution in [-0.2, 0) is 13.2 Å². The van der Waals surface area contributed by atoms with E-state index in [1.54, 1.807) is 24.1 Å². The van der Waals surface area contributed by atoms with E-state index < -0.39 is 4.92 Å². The number of hydrogen-bond acceptors (Lipinski definition) is 6. The molecule has 3 aromatic rings. The average molecular weight is 462 g/mol. The van der Waals surface area contributed by atoms with Gasteiger partial charge in [-0.2, -0.15) is 0 Å². The summed E-state index contributed by atoms with van der Waals surface area (Å²) >= 11 is 0. The van der Waals surface area contributed by atoms with Gasteiger partial charge in [-0.25, -0.2) is 0 Å². The minimum absolute atomic E-state index is 0.110. The smallest absolute Gasteiger partial charge is 0.282 e. The molecule has 1 saturated heterocycles. The third-order valence-electron chi connectivity index (χ3n) is 5.78. The Morgan fingerprint density at radius 3 is 2.47 bits per heavy atom. The fourth-order valence-corrected chi connectivity index (χ4v) is 3.95. The number of amides is 1. The first-order chi connectivity index (χ1) is 16.5. The Kier molecular flexibility index (Phi) is 7.27. The Balaban J connectivity index is 1.45. The second-order valence-corrected chi connectivity index (χ2v) is 8.10. The number of ether oxygens (including phenoxy) is 2. The van der Waals surface area contributed by atoms with E-state index in [0.717, 1.165) is 24.0 Å². The standard InChI is InChI=1S/C26H27N3O5/c1-33-25-15-20(9-12-24(25)34-18-19-7-3-2-4-8-19)17-27-21-10-11-23(29(31)32)22(16-21)26(30)28-13-5-6-14-28/h2-4,7-12,15-16,27H,5-6,13-14,17-18H2,1H3. The van der Waals surface area contributed by atoms with Crippen LogP contribution in [0.15, 0.2) is 66.7 Å². The summed E-state index contributed by atoms with van der Waals surface area (Å²) < 4.78 is 11.4. The first-order valence-corrected chi connectivity index (χ1v) is 11.2. The highest BCUT2D eigenvalue weighted by Gasteiger charge is 2.27. The first kappa shape index (κ1) is 23.1. The summed E-state index contributed by atoms with van der Waals surface area (Å²) in [4.78, 5) is 25.5. The van der Waals surface area contributed by atoms with E-state index in [-0.39, 0.29) is 17.2 Å². The Hall–Kier alpha value is -4.07. The number of carbonyl (C=O) groups is 1. The normalized spacial score (nSPS) is 12.9. The highest BCUT2D eigenvalue weighted by molar-refractivity contribution is 5.99. The van der Waals surface area contributed by atoms with Crippen molar-refractivity contribution in [1.29, 1.82) is 0 Å². The SMILES string of the molecule is COc1cc(CNc2ccc([N+](=O)[O-])c(C(=O)N3CCCC3)c2)ccc1OCc1ccccc1. The summed E-state index contributed by atoms with van der Waals surface area (Å²) in [5.74, 6) is 0.960. The molecule has 176 valence electrons. The van der Waals surface area contributed by atoms with Crippen LogP contribution < -0.4 is 14.8 Å². The third kappa shape index (κ3) is 5.46. The van der Waals surface area contributed by atoms with E-state index in [1.165, 1.54) is 6.07 Å². The number of nitro groups is 1. The predicted molar refractivity (Wildman–Crippen MR) is 129 cm³/mol. The first-order valence-electron chi connectivity index (χ1n) is 11.2. The van der Waals surface area contributed by atoms with Crippen molar-refractivity contribution in [1.82, 2.24) is 4.90 Å². The van der Waals surface area contributed by atoms with Gasteiger partial charge in [0, 0.05) is 31.4 Å². The van der Waals surface area contributed by atoms with E-state index in [2.05, 4.69) is 5.32 Å². The fourth-order valence-electron chi connectivity index (χ4n) is 3.95. The number of rotatable bonds is 9. The van der Waals surface area contributed by atoms with E-state index in [1.807, 2.05) is 48.5 Å². The van der Waals surface area contributed by atoms with Crippen LogP contribution in [0, 0.1) is 10.1 Å². The van der Waals surface area contributed by atoms with Crippen LogP contribution in [0.1, 0.15) is 34.3 Å². The molecule has 1 fully saturated rings. The molecule has 8 heteroatoms. The fraction of sp³-hybridized carbons (Fsp3) is 0.269. The Bertz CT molecular complexity index is 1160. The molecule has 1 aliphatic heterocycles. The van der Waals surface area contributed by atoms with Crippen LogP contribution in [0.3, 0.4) is 0 Å². The molecular weight excluding hydrogens is 434 g/mol. The van der Waals surface area contributed by atoms with Crippen molar-refractivity contribution in [2.75, 3.05) is 25.5 Å². The lowest BCUT2D eigenvalue weighted by Gasteiger charge is -2.16. The zero-order chi connectivity index (χ0) is 23.9. The summed E-state index contributed by atoms with van der Waals surface area (Å²) in [6.45, 7) is 2.15. The summed E-state index contributed by atoms with van der Waals surface area (Å²) in [6, 6.07) is 20.1. The molecule has 4 rings (SSSR count). The second-order valence-electron chi connectivity index (χ2n) is 8.10. The van der Waals surface area contributed by atoms with Crippen molar-refractivity contribution in [3.63, 3.8) is 0 Å². The zero-order valence-electron chi connectivity index (χ0n) is 19.0. The minimum Gasteiger partial charge on any atom is -0.493 e. The van der Waals surface area contributed by atoms with Crippen molar-refractivity contribution >= 4 is 17.3 Å². The maximum atomic E-state index is 12.8. The highest BCUT2D eigenvalue weighted by Crippen LogP contribution is 2.30. The van der Waals surface area contributed by atoms with Gasteiger partial charge in [0.1, 0.15) is 12.2 Å². The number of nitrogens with one attached hydrogen (secondary N) is 1. The summed E-state index contributed by atoms with van der Waals surface area (Å²) in [7, 11) is 1.59. The summed E-state index contributed by atoms with van der Waals surface area (Å²) in [5, 5.41) is 14.7. The summed E-state index contributed by atoms with van der Waals surface area (Å²) in [5.41, 5.74) is 2.57. The Morgan fingerprint density at radius 2 is 1.76 bits per heavy atom. The maximum Gasteiger partial charge on any atom is 0.282 e. The molecule has 1 aliphatic rings. The van der Waals surface area contributed by atoms with Crippen LogP contribution >= 0.6 is 0 Å². The van der Waals surface area contributed by atoms with E-state index in [0.29, 0.717) is 43.4 Å². The number of hydrogen-bond donors (Lipinski definition) is 1. The largest absolute Gasteiger partial charge is 0.493 e. The molecule has 1 N–H and O–H groups in total. The van der Waals surface area contributed by atoms with Gasteiger partial charge in [-0.15, -0.1) is 0 Å². The van der Waals surface area contributed by atoms with Crippen molar-refractivity contribution in [2.24, 2.45) is 0 Å². The molecule has 3 aromatic carbocycles. The topological polar surface area (TPSA) is 93.9 Å². The molecule has 0 atom stereocenters. The van der Waals surface area contributed by atoms with Crippen molar-refractivity contribution in [2.45, 2.75) is 26.0 Å². The second kappa shape index (κ2) is 10.7. The van der Waals surface area contributed by atoms with Gasteiger partial charge in [-0.3, -0.25) is 14.9 Å². The molecule has 0 aliphatic carbocycles. The minimum atomic E-state index is -0.508. The van der Waals surface area contributed by atoms with Gasteiger partial charge < -0.3 is 19.7 Å². The molecule has 0 bridgehead atoms. The quantitative estimate of drug-likeness (QED) is 0.355. The molecule has 0 unspecified atom stereocenters. The molecule has 0 aromatic heterocycles. The Morgan fingerprint density at radius 1 is 1.00 bits per heavy atom. The number of anilines is 1. The number of nitrogens with zero attached hydrogens (tertiary/aromatic N) is 2. The van der Waals surface area contributed by atoms with E-state index in [4.69, 9.17) is 9.47 Å². The van der Waals surface area contributed by atoms with Gasteiger partial charge in [-0.05, 0) is 48.2 Å². The lowest BCUT2D eigenvalue weighted by Crippen LogP contribution is -2.28. The van der Waals surface area contributed by atoms with Crippen LogP contribution in [0.5, 0.6) is 11.5 Å². The van der Waals surface area contributed by atoms with Crippen LogP contribution in [0.25, 0.3) is 0 Å². The lowest BCUT2D eigenvalue weighted by molar-refractivity contribution is -0.385. The molecule has 8 nitrogen and oxygen atoms in total. The third-order valence-corrected chi connectivity index (χ3v) is 5.78. The average Bonchev–Trinajstić information content (AvgIpc) is 3.41. The molecule has 0 spiro atoms. The van der Waals surface area contributed by atoms with Gasteiger partial charge >= 0.3 is 0 Å². The molecule has 34 heavy (non-hydrogen) atoms. The molecule has 0 radical (unpaired) electrons. The molecule has 1 amide bonds. The number of methoxy groups -OCH3 is 1.